The van der Waals surface area contributed by atoms with Crippen LogP contribution in [0, 0.1) is 13.8 Å². The molecular formula is C11H12N2OS. The van der Waals surface area contributed by atoms with E-state index >= 15 is 0 Å². The molecule has 4 heteroatoms. The fraction of sp³-hybridized carbons (Fsp3) is 0.273. The number of nitrogens with zero attached hydrogens (tertiary/aromatic N) is 2. The van der Waals surface area contributed by atoms with Crippen LogP contribution in [0.3, 0.4) is 0 Å². The number of aryl methyl sites for hydroxylation is 2. The first-order valence-electron chi connectivity index (χ1n) is 4.71. The lowest BCUT2D eigenvalue weighted by molar-refractivity contribution is 0.215. The molecule has 0 bridgehead atoms. The van der Waals surface area contributed by atoms with Crippen molar-refractivity contribution in [1.29, 1.82) is 0 Å². The van der Waals surface area contributed by atoms with Crippen molar-refractivity contribution in [2.24, 2.45) is 0 Å². The summed E-state index contributed by atoms with van der Waals surface area (Å²) < 4.78 is 7.92. The number of aromatic nitrogens is 2. The molecule has 0 radical (unpaired) electrons. The highest BCUT2D eigenvalue weighted by molar-refractivity contribution is 6.99. The molecule has 2 rings (SSSR count). The van der Waals surface area contributed by atoms with Crippen molar-refractivity contribution in [2.75, 3.05) is 0 Å². The summed E-state index contributed by atoms with van der Waals surface area (Å²) in [5.41, 5.74) is 3.79. The summed E-state index contributed by atoms with van der Waals surface area (Å²) in [6.07, 6.45) is 0.943. The van der Waals surface area contributed by atoms with Gasteiger partial charge in [0.05, 0.1) is 17.9 Å². The van der Waals surface area contributed by atoms with E-state index in [4.69, 9.17) is 0 Å². The molecule has 1 aromatic carbocycles. The Morgan fingerprint density at radius 2 is 2.13 bits per heavy atom. The highest BCUT2D eigenvalue weighted by Crippen LogP contribution is 2.24. The summed E-state index contributed by atoms with van der Waals surface area (Å²) in [4.78, 5) is 0. The fourth-order valence-electron chi connectivity index (χ4n) is 1.58. The zero-order valence-corrected chi connectivity index (χ0v) is 9.45. The van der Waals surface area contributed by atoms with E-state index in [-0.39, 0.29) is 0 Å². The molecule has 0 aliphatic carbocycles. The molecule has 0 amide bonds. The number of hydrogen-bond acceptors (Lipinski definition) is 4. The molecular weight excluding hydrogens is 208 g/mol. The van der Waals surface area contributed by atoms with Crippen LogP contribution in [0.15, 0.2) is 24.4 Å². The van der Waals surface area contributed by atoms with Crippen LogP contribution in [-0.2, 0) is 0 Å². The van der Waals surface area contributed by atoms with E-state index in [1.165, 1.54) is 5.56 Å². The Balaban J connectivity index is 2.38. The molecule has 2 aromatic rings. The third kappa shape index (κ3) is 2.06. The Labute approximate surface area is 92.7 Å². The first-order valence-corrected chi connectivity index (χ1v) is 5.44. The van der Waals surface area contributed by atoms with E-state index in [0.717, 1.165) is 22.9 Å². The van der Waals surface area contributed by atoms with Gasteiger partial charge in [-0.15, -0.1) is 0 Å². The van der Waals surface area contributed by atoms with Gasteiger partial charge in [-0.25, -0.2) is 0 Å². The summed E-state index contributed by atoms with van der Waals surface area (Å²) in [6.45, 7) is 4.03. The lowest BCUT2D eigenvalue weighted by Gasteiger charge is -2.11. The van der Waals surface area contributed by atoms with Crippen LogP contribution < -0.4 is 0 Å². The van der Waals surface area contributed by atoms with Gasteiger partial charge in [-0.1, -0.05) is 23.8 Å². The average molecular weight is 220 g/mol. The van der Waals surface area contributed by atoms with E-state index in [0.29, 0.717) is 5.69 Å². The molecule has 1 atom stereocenters. The monoisotopic (exact) mass is 220 g/mol. The maximum atomic E-state index is 10.1. The molecule has 1 aromatic heterocycles. The van der Waals surface area contributed by atoms with Gasteiger partial charge >= 0.3 is 0 Å². The molecule has 0 saturated heterocycles. The minimum Gasteiger partial charge on any atom is -0.382 e. The zero-order chi connectivity index (χ0) is 10.8. The number of aliphatic hydroxyl groups is 1. The van der Waals surface area contributed by atoms with E-state index in [1.807, 2.05) is 26.0 Å². The normalized spacial score (nSPS) is 12.7. The molecule has 15 heavy (non-hydrogen) atoms. The number of rotatable bonds is 2. The summed E-state index contributed by atoms with van der Waals surface area (Å²) in [5.74, 6) is 0. The second-order valence-electron chi connectivity index (χ2n) is 3.59. The second kappa shape index (κ2) is 4.08. The van der Waals surface area contributed by atoms with Gasteiger partial charge in [-0.2, -0.15) is 8.75 Å². The Hall–Kier alpha value is -1.26. The van der Waals surface area contributed by atoms with Crippen molar-refractivity contribution >= 4 is 11.7 Å². The SMILES string of the molecule is Cc1ccc(C(O)c2cnsn2)c(C)c1. The molecule has 78 valence electrons. The topological polar surface area (TPSA) is 46.0 Å². The van der Waals surface area contributed by atoms with Crippen molar-refractivity contribution in [3.8, 4) is 0 Å². The smallest absolute Gasteiger partial charge is 0.124 e. The van der Waals surface area contributed by atoms with Crippen LogP contribution in [0.4, 0.5) is 0 Å². The first-order chi connectivity index (χ1) is 7.18. The van der Waals surface area contributed by atoms with Crippen LogP contribution in [0.2, 0.25) is 0 Å². The lowest BCUT2D eigenvalue weighted by Crippen LogP contribution is -2.02. The highest BCUT2D eigenvalue weighted by Gasteiger charge is 2.14. The Kier molecular flexibility index (Phi) is 2.79. The van der Waals surface area contributed by atoms with Crippen molar-refractivity contribution < 1.29 is 5.11 Å². The molecule has 1 unspecified atom stereocenters. The standard InChI is InChI=1S/C11H12N2OS/c1-7-3-4-9(8(2)5-7)11(14)10-6-12-15-13-10/h3-6,11,14H,1-2H3. The summed E-state index contributed by atoms with van der Waals surface area (Å²) in [5, 5.41) is 10.1. The first kappa shape index (κ1) is 10.3. The third-order valence-corrected chi connectivity index (χ3v) is 2.87. The molecule has 0 saturated carbocycles. The van der Waals surface area contributed by atoms with Crippen LogP contribution in [0.25, 0.3) is 0 Å². The maximum Gasteiger partial charge on any atom is 0.124 e. The predicted octanol–water partition coefficient (Wildman–Crippen LogP) is 2.24. The van der Waals surface area contributed by atoms with E-state index in [9.17, 15) is 5.11 Å². The van der Waals surface area contributed by atoms with Gasteiger partial charge in [-0.05, 0) is 25.0 Å². The van der Waals surface area contributed by atoms with Crippen molar-refractivity contribution in [3.05, 3.63) is 46.8 Å². The second-order valence-corrected chi connectivity index (χ2v) is 4.15. The Morgan fingerprint density at radius 1 is 1.33 bits per heavy atom. The van der Waals surface area contributed by atoms with Crippen LogP contribution in [-0.4, -0.2) is 13.9 Å². The molecule has 0 aliphatic heterocycles. The predicted molar refractivity (Wildman–Crippen MR) is 59.9 cm³/mol. The van der Waals surface area contributed by atoms with Gasteiger partial charge < -0.3 is 5.11 Å². The van der Waals surface area contributed by atoms with Gasteiger partial charge in [0.25, 0.3) is 0 Å². The van der Waals surface area contributed by atoms with Crippen molar-refractivity contribution in [1.82, 2.24) is 8.75 Å². The minimum atomic E-state index is -0.663. The molecule has 0 fully saturated rings. The Morgan fingerprint density at radius 3 is 2.73 bits per heavy atom. The van der Waals surface area contributed by atoms with E-state index in [2.05, 4.69) is 14.8 Å². The van der Waals surface area contributed by atoms with Crippen LogP contribution >= 0.6 is 11.7 Å². The highest BCUT2D eigenvalue weighted by atomic mass is 32.1. The number of hydrogen-bond donors (Lipinski definition) is 1. The summed E-state index contributed by atoms with van der Waals surface area (Å²) in [7, 11) is 0. The fourth-order valence-corrected chi connectivity index (χ4v) is 2.03. The molecule has 1 heterocycles. The largest absolute Gasteiger partial charge is 0.382 e. The van der Waals surface area contributed by atoms with Gasteiger partial charge in [-0.3, -0.25) is 0 Å². The van der Waals surface area contributed by atoms with E-state index < -0.39 is 6.10 Å². The molecule has 1 N–H and O–H groups in total. The average Bonchev–Trinajstić information content (AvgIpc) is 2.69. The van der Waals surface area contributed by atoms with Crippen molar-refractivity contribution in [2.45, 2.75) is 20.0 Å². The molecule has 0 spiro atoms. The van der Waals surface area contributed by atoms with Crippen LogP contribution in [0.5, 0.6) is 0 Å². The van der Waals surface area contributed by atoms with Crippen LogP contribution in [0.1, 0.15) is 28.5 Å². The summed E-state index contributed by atoms with van der Waals surface area (Å²) >= 11 is 1.11. The van der Waals surface area contributed by atoms with Gasteiger partial charge in [0.2, 0.25) is 0 Å². The minimum absolute atomic E-state index is 0.618. The number of aliphatic hydroxyl groups excluding tert-OH is 1. The zero-order valence-electron chi connectivity index (χ0n) is 8.64. The number of benzene rings is 1. The summed E-state index contributed by atoms with van der Waals surface area (Å²) in [6, 6.07) is 5.98. The molecule has 0 aliphatic rings. The quantitative estimate of drug-likeness (QED) is 0.844. The Bertz CT molecular complexity index is 454. The van der Waals surface area contributed by atoms with Crippen molar-refractivity contribution in [3.63, 3.8) is 0 Å². The van der Waals surface area contributed by atoms with Gasteiger partial charge in [0, 0.05) is 0 Å². The van der Waals surface area contributed by atoms with Gasteiger partial charge in [0.1, 0.15) is 11.8 Å². The third-order valence-electron chi connectivity index (χ3n) is 2.38. The maximum absolute atomic E-state index is 10.1. The molecule has 3 nitrogen and oxygen atoms in total. The van der Waals surface area contributed by atoms with E-state index in [1.54, 1.807) is 6.20 Å². The van der Waals surface area contributed by atoms with Gasteiger partial charge in [0.15, 0.2) is 0 Å². The lowest BCUT2D eigenvalue weighted by atomic mass is 10.00.